The molecule has 0 heterocycles. The minimum absolute atomic E-state index is 0.0565. The largest absolute Gasteiger partial charge is 0.497 e. The predicted molar refractivity (Wildman–Crippen MR) is 109 cm³/mol. The van der Waals surface area contributed by atoms with Crippen LogP contribution in [0.2, 0.25) is 10.0 Å². The van der Waals surface area contributed by atoms with E-state index in [9.17, 15) is 9.59 Å². The fraction of sp³-hybridized carbons (Fsp3) is 0.263. The summed E-state index contributed by atoms with van der Waals surface area (Å²) in [5.41, 5.74) is 1.11. The molecule has 0 fully saturated rings. The van der Waals surface area contributed by atoms with Crippen LogP contribution in [0.1, 0.15) is 6.92 Å². The van der Waals surface area contributed by atoms with Crippen LogP contribution >= 0.6 is 23.2 Å². The van der Waals surface area contributed by atoms with Gasteiger partial charge in [-0.1, -0.05) is 36.2 Å². The van der Waals surface area contributed by atoms with Crippen molar-refractivity contribution in [1.82, 2.24) is 4.90 Å². The topological polar surface area (TPSA) is 70.7 Å². The van der Waals surface area contributed by atoms with Crippen LogP contribution in [-0.4, -0.2) is 43.5 Å². The van der Waals surface area contributed by atoms with Crippen molar-refractivity contribution in [3.8, 4) is 5.75 Å². The summed E-state index contributed by atoms with van der Waals surface area (Å²) in [6.07, 6.45) is 0. The first kappa shape index (κ1) is 21.0. The van der Waals surface area contributed by atoms with Gasteiger partial charge in [-0.05, 0) is 36.9 Å². The fourth-order valence-corrected chi connectivity index (χ4v) is 2.82. The summed E-state index contributed by atoms with van der Waals surface area (Å²) in [7, 11) is 1.56. The van der Waals surface area contributed by atoms with Gasteiger partial charge in [-0.15, -0.1) is 0 Å². The lowest BCUT2D eigenvalue weighted by Crippen LogP contribution is -2.38. The van der Waals surface area contributed by atoms with Crippen LogP contribution in [0, 0.1) is 0 Å². The summed E-state index contributed by atoms with van der Waals surface area (Å²) in [6, 6.07) is 11.9. The van der Waals surface area contributed by atoms with Gasteiger partial charge < -0.3 is 15.4 Å². The summed E-state index contributed by atoms with van der Waals surface area (Å²) >= 11 is 11.9. The third kappa shape index (κ3) is 6.75. The molecule has 2 amide bonds. The highest BCUT2D eigenvalue weighted by Gasteiger charge is 2.14. The van der Waals surface area contributed by atoms with Crippen molar-refractivity contribution in [2.45, 2.75) is 6.92 Å². The van der Waals surface area contributed by atoms with E-state index in [0.29, 0.717) is 33.7 Å². The Labute approximate surface area is 168 Å². The molecule has 0 radical (unpaired) electrons. The Bertz CT molecular complexity index is 815. The fourth-order valence-electron chi connectivity index (χ4n) is 2.37. The molecule has 0 aliphatic carbocycles. The lowest BCUT2D eigenvalue weighted by molar-refractivity contribution is -0.119. The van der Waals surface area contributed by atoms with Gasteiger partial charge >= 0.3 is 0 Å². The van der Waals surface area contributed by atoms with E-state index in [4.69, 9.17) is 27.9 Å². The lowest BCUT2D eigenvalue weighted by Gasteiger charge is -2.19. The molecule has 27 heavy (non-hydrogen) atoms. The van der Waals surface area contributed by atoms with E-state index in [-0.39, 0.29) is 24.9 Å². The first-order valence-electron chi connectivity index (χ1n) is 8.32. The Morgan fingerprint density at radius 2 is 1.74 bits per heavy atom. The van der Waals surface area contributed by atoms with Gasteiger partial charge in [-0.25, -0.2) is 0 Å². The highest BCUT2D eigenvalue weighted by atomic mass is 35.5. The number of carbonyl (C=O) groups is 2. The molecule has 0 aliphatic heterocycles. The van der Waals surface area contributed by atoms with E-state index < -0.39 is 0 Å². The van der Waals surface area contributed by atoms with Gasteiger partial charge in [0.1, 0.15) is 5.75 Å². The van der Waals surface area contributed by atoms with Crippen LogP contribution in [0.25, 0.3) is 0 Å². The van der Waals surface area contributed by atoms with Crippen LogP contribution in [0.3, 0.4) is 0 Å². The number of likely N-dealkylation sites (N-methyl/N-ethyl adjacent to an activating group) is 1. The van der Waals surface area contributed by atoms with Gasteiger partial charge in [0.2, 0.25) is 11.8 Å². The predicted octanol–water partition coefficient (Wildman–Crippen LogP) is 3.90. The third-order valence-electron chi connectivity index (χ3n) is 3.74. The van der Waals surface area contributed by atoms with Crippen LogP contribution in [0.4, 0.5) is 11.4 Å². The summed E-state index contributed by atoms with van der Waals surface area (Å²) in [6.45, 7) is 2.55. The average Bonchev–Trinajstić information content (AvgIpc) is 2.63. The minimum Gasteiger partial charge on any atom is -0.497 e. The maximum Gasteiger partial charge on any atom is 0.238 e. The molecule has 0 spiro atoms. The van der Waals surface area contributed by atoms with E-state index in [1.165, 1.54) is 0 Å². The Hall–Kier alpha value is -2.28. The molecule has 0 atom stereocenters. The average molecular weight is 410 g/mol. The SMILES string of the molecule is CCN(CC(=O)Nc1cccc(OC)c1)CC(=O)Nc1ccc(Cl)cc1Cl. The normalized spacial score (nSPS) is 10.6. The molecule has 0 aliphatic rings. The number of amides is 2. The van der Waals surface area contributed by atoms with Crippen LogP contribution in [-0.2, 0) is 9.59 Å². The van der Waals surface area contributed by atoms with E-state index in [0.717, 1.165) is 0 Å². The number of hydrogen-bond donors (Lipinski definition) is 2. The Morgan fingerprint density at radius 1 is 1.04 bits per heavy atom. The number of halogens is 2. The number of hydrogen-bond acceptors (Lipinski definition) is 4. The maximum atomic E-state index is 12.3. The zero-order valence-electron chi connectivity index (χ0n) is 15.1. The van der Waals surface area contributed by atoms with E-state index in [2.05, 4.69) is 10.6 Å². The maximum absolute atomic E-state index is 12.3. The number of nitrogens with one attached hydrogen (secondary N) is 2. The molecular formula is C19H21Cl2N3O3. The number of carbonyl (C=O) groups excluding carboxylic acids is 2. The van der Waals surface area contributed by atoms with Crippen LogP contribution < -0.4 is 15.4 Å². The Morgan fingerprint density at radius 3 is 2.37 bits per heavy atom. The van der Waals surface area contributed by atoms with Gasteiger partial charge in [0.25, 0.3) is 0 Å². The summed E-state index contributed by atoms with van der Waals surface area (Å²) in [5, 5.41) is 6.36. The highest BCUT2D eigenvalue weighted by Crippen LogP contribution is 2.25. The third-order valence-corrected chi connectivity index (χ3v) is 4.29. The van der Waals surface area contributed by atoms with Crippen molar-refractivity contribution < 1.29 is 14.3 Å². The van der Waals surface area contributed by atoms with E-state index in [1.54, 1.807) is 54.5 Å². The number of anilines is 2. The lowest BCUT2D eigenvalue weighted by atomic mass is 10.3. The molecule has 2 N–H and O–H groups in total. The molecule has 0 aromatic heterocycles. The minimum atomic E-state index is -0.268. The summed E-state index contributed by atoms with van der Waals surface area (Å²) in [4.78, 5) is 26.2. The van der Waals surface area contributed by atoms with Crippen molar-refractivity contribution in [2.75, 3.05) is 37.4 Å². The van der Waals surface area contributed by atoms with Gasteiger partial charge in [-0.3, -0.25) is 14.5 Å². The summed E-state index contributed by atoms with van der Waals surface area (Å²) in [5.74, 6) is 0.164. The second-order valence-corrected chi connectivity index (χ2v) is 6.60. The second kappa shape index (κ2) is 10.2. The van der Waals surface area contributed by atoms with Crippen molar-refractivity contribution in [3.63, 3.8) is 0 Å². The Kier molecular flexibility index (Phi) is 7.91. The number of rotatable bonds is 8. The molecule has 2 aromatic rings. The summed E-state index contributed by atoms with van der Waals surface area (Å²) < 4.78 is 5.13. The molecule has 0 saturated carbocycles. The molecule has 2 rings (SSSR count). The molecule has 6 nitrogen and oxygen atoms in total. The number of benzene rings is 2. The van der Waals surface area contributed by atoms with Gasteiger partial charge in [-0.2, -0.15) is 0 Å². The number of nitrogens with zero attached hydrogens (tertiary/aromatic N) is 1. The molecular weight excluding hydrogens is 389 g/mol. The van der Waals surface area contributed by atoms with Crippen LogP contribution in [0.5, 0.6) is 5.75 Å². The molecule has 0 saturated heterocycles. The number of ether oxygens (including phenoxy) is 1. The van der Waals surface area contributed by atoms with E-state index >= 15 is 0 Å². The van der Waals surface area contributed by atoms with Crippen molar-refractivity contribution in [2.24, 2.45) is 0 Å². The molecule has 8 heteroatoms. The number of methoxy groups -OCH3 is 1. The zero-order chi connectivity index (χ0) is 19.8. The van der Waals surface area contributed by atoms with Crippen molar-refractivity contribution in [1.29, 1.82) is 0 Å². The molecule has 0 bridgehead atoms. The molecule has 144 valence electrons. The quantitative estimate of drug-likeness (QED) is 0.693. The highest BCUT2D eigenvalue weighted by molar-refractivity contribution is 6.36. The monoisotopic (exact) mass is 409 g/mol. The Balaban J connectivity index is 1.89. The van der Waals surface area contributed by atoms with E-state index in [1.807, 2.05) is 6.92 Å². The van der Waals surface area contributed by atoms with Crippen LogP contribution in [0.15, 0.2) is 42.5 Å². The van der Waals surface area contributed by atoms with Gasteiger partial charge in [0, 0.05) is 16.8 Å². The van der Waals surface area contributed by atoms with Gasteiger partial charge in [0.15, 0.2) is 0 Å². The molecule has 0 unspecified atom stereocenters. The first-order chi connectivity index (χ1) is 12.9. The van der Waals surface area contributed by atoms with Crippen molar-refractivity contribution >= 4 is 46.4 Å². The first-order valence-corrected chi connectivity index (χ1v) is 9.08. The van der Waals surface area contributed by atoms with Crippen molar-refractivity contribution in [3.05, 3.63) is 52.5 Å². The molecule has 2 aromatic carbocycles. The van der Waals surface area contributed by atoms with Gasteiger partial charge in [0.05, 0.1) is 30.9 Å². The zero-order valence-corrected chi connectivity index (χ0v) is 16.6. The standard InChI is InChI=1S/C19H21Cl2N3O3/c1-3-24(11-18(25)22-14-5-4-6-15(10-14)27-2)12-19(26)23-17-8-7-13(20)9-16(17)21/h4-10H,3,11-12H2,1-2H3,(H,22,25)(H,23,26). The smallest absolute Gasteiger partial charge is 0.238 e. The second-order valence-electron chi connectivity index (χ2n) is 5.76.